The first kappa shape index (κ1) is 13.5. The van der Waals surface area contributed by atoms with Crippen molar-refractivity contribution in [2.45, 2.75) is 49.6 Å². The lowest BCUT2D eigenvalue weighted by Gasteiger charge is -2.41. The topological polar surface area (TPSA) is 66.4 Å². The minimum absolute atomic E-state index is 0.0767. The van der Waals surface area contributed by atoms with Crippen LogP contribution in [0, 0.1) is 0 Å². The van der Waals surface area contributed by atoms with Crippen LogP contribution in [0.1, 0.15) is 38.2 Å². The number of aliphatic hydroxyl groups is 1. The Labute approximate surface area is 108 Å². The lowest BCUT2D eigenvalue weighted by atomic mass is 9.76. The summed E-state index contributed by atoms with van der Waals surface area (Å²) in [6.07, 6.45) is 3.73. The highest BCUT2D eigenvalue weighted by atomic mass is 32.2. The second-order valence-electron chi connectivity index (χ2n) is 4.90. The van der Waals surface area contributed by atoms with Crippen LogP contribution in [0.15, 0.2) is 29.2 Å². The molecule has 4 nitrogen and oxygen atoms in total. The van der Waals surface area contributed by atoms with Crippen molar-refractivity contribution < 1.29 is 13.5 Å². The number of benzene rings is 1. The Bertz CT molecular complexity index is 498. The third-order valence-electron chi connectivity index (χ3n) is 3.75. The van der Waals surface area contributed by atoms with E-state index in [1.807, 2.05) is 6.92 Å². The summed E-state index contributed by atoms with van der Waals surface area (Å²) in [7, 11) is -3.45. The quantitative estimate of drug-likeness (QED) is 0.856. The molecule has 0 amide bonds. The molecule has 0 unspecified atom stereocenters. The Hall–Kier alpha value is -0.910. The lowest BCUT2D eigenvalue weighted by Crippen LogP contribution is -2.52. The maximum Gasteiger partial charge on any atom is 0.241 e. The molecule has 0 heterocycles. The fourth-order valence-corrected chi connectivity index (χ4v) is 3.78. The minimum atomic E-state index is -3.45. The highest BCUT2D eigenvalue weighted by Gasteiger charge is 2.38. The van der Waals surface area contributed by atoms with E-state index in [9.17, 15) is 8.42 Å². The van der Waals surface area contributed by atoms with E-state index in [1.165, 1.54) is 12.1 Å². The van der Waals surface area contributed by atoms with Crippen molar-refractivity contribution in [2.75, 3.05) is 0 Å². The van der Waals surface area contributed by atoms with Crippen LogP contribution in [0.4, 0.5) is 0 Å². The van der Waals surface area contributed by atoms with Crippen molar-refractivity contribution >= 4 is 10.0 Å². The first-order valence-electron chi connectivity index (χ1n) is 6.25. The second-order valence-corrected chi connectivity index (χ2v) is 6.58. The van der Waals surface area contributed by atoms with E-state index in [1.54, 1.807) is 12.1 Å². The fraction of sp³-hybridized carbons (Fsp3) is 0.538. The molecule has 1 saturated carbocycles. The van der Waals surface area contributed by atoms with E-state index in [2.05, 4.69) is 4.72 Å². The number of hydrogen-bond donors (Lipinski definition) is 2. The van der Waals surface area contributed by atoms with Gasteiger partial charge in [0.2, 0.25) is 10.0 Å². The lowest BCUT2D eigenvalue weighted by molar-refractivity contribution is 0.214. The molecule has 1 aromatic carbocycles. The average molecular weight is 269 g/mol. The molecule has 5 heteroatoms. The number of aliphatic hydroxyl groups excluding tert-OH is 1. The molecule has 0 aromatic heterocycles. The third kappa shape index (κ3) is 2.58. The maximum absolute atomic E-state index is 12.2. The minimum Gasteiger partial charge on any atom is -0.392 e. The van der Waals surface area contributed by atoms with E-state index in [4.69, 9.17) is 5.11 Å². The van der Waals surface area contributed by atoms with E-state index in [0.717, 1.165) is 25.7 Å². The molecule has 0 aliphatic heterocycles. The zero-order valence-corrected chi connectivity index (χ0v) is 11.3. The van der Waals surface area contributed by atoms with Crippen LogP contribution in [0.25, 0.3) is 0 Å². The van der Waals surface area contributed by atoms with Gasteiger partial charge in [-0.15, -0.1) is 0 Å². The Balaban J connectivity index is 2.19. The molecule has 0 atom stereocenters. The number of sulfonamides is 1. The molecule has 1 fully saturated rings. The molecular weight excluding hydrogens is 250 g/mol. The molecule has 2 N–H and O–H groups in total. The summed E-state index contributed by atoms with van der Waals surface area (Å²) in [5.74, 6) is 0. The van der Waals surface area contributed by atoms with Gasteiger partial charge >= 0.3 is 0 Å². The van der Waals surface area contributed by atoms with Crippen LogP contribution in [0.5, 0.6) is 0 Å². The summed E-state index contributed by atoms with van der Waals surface area (Å²) >= 11 is 0. The molecule has 1 aromatic rings. The smallest absolute Gasteiger partial charge is 0.241 e. The molecule has 0 radical (unpaired) electrons. The second kappa shape index (κ2) is 4.99. The molecule has 100 valence electrons. The summed E-state index contributed by atoms with van der Waals surface area (Å²) in [4.78, 5) is 0.263. The van der Waals surface area contributed by atoms with Gasteiger partial charge in [0.25, 0.3) is 0 Å². The van der Waals surface area contributed by atoms with Gasteiger partial charge in [-0.25, -0.2) is 13.1 Å². The van der Waals surface area contributed by atoms with Gasteiger partial charge in [0.1, 0.15) is 0 Å². The van der Waals surface area contributed by atoms with Crippen LogP contribution in [-0.4, -0.2) is 19.1 Å². The van der Waals surface area contributed by atoms with Crippen LogP contribution in [0.2, 0.25) is 0 Å². The first-order chi connectivity index (χ1) is 8.51. The van der Waals surface area contributed by atoms with Crippen LogP contribution < -0.4 is 4.72 Å². The standard InChI is InChI=1S/C13H19NO3S/c1-2-13(8-3-9-13)14-18(16,17)12-6-4-11(10-15)5-7-12/h4-7,14-15H,2-3,8-10H2,1H3. The van der Waals surface area contributed by atoms with Gasteiger partial charge in [-0.1, -0.05) is 19.1 Å². The number of rotatable bonds is 5. The SMILES string of the molecule is CCC1(NS(=O)(=O)c2ccc(CO)cc2)CCC1. The molecule has 0 bridgehead atoms. The Morgan fingerprint density at radius 2 is 1.89 bits per heavy atom. The van der Waals surface area contributed by atoms with E-state index in [0.29, 0.717) is 5.56 Å². The molecule has 1 aliphatic carbocycles. The Morgan fingerprint density at radius 1 is 1.28 bits per heavy atom. The summed E-state index contributed by atoms with van der Waals surface area (Å²) in [6.45, 7) is 1.93. The van der Waals surface area contributed by atoms with Gasteiger partial charge in [0.05, 0.1) is 11.5 Å². The molecule has 18 heavy (non-hydrogen) atoms. The molecule has 1 aliphatic rings. The van der Waals surface area contributed by atoms with Gasteiger partial charge in [-0.3, -0.25) is 0 Å². The van der Waals surface area contributed by atoms with Crippen molar-refractivity contribution in [3.63, 3.8) is 0 Å². The normalized spacial score (nSPS) is 18.3. The monoisotopic (exact) mass is 269 g/mol. The van der Waals surface area contributed by atoms with Crippen molar-refractivity contribution in [3.05, 3.63) is 29.8 Å². The maximum atomic E-state index is 12.2. The van der Waals surface area contributed by atoms with Crippen LogP contribution >= 0.6 is 0 Å². The molecular formula is C13H19NO3S. The summed E-state index contributed by atoms with van der Waals surface area (Å²) in [5.41, 5.74) is 0.469. The molecule has 2 rings (SSSR count). The van der Waals surface area contributed by atoms with Crippen molar-refractivity contribution in [3.8, 4) is 0 Å². The predicted octanol–water partition coefficient (Wildman–Crippen LogP) is 1.79. The molecule has 0 saturated heterocycles. The summed E-state index contributed by atoms with van der Waals surface area (Å²) < 4.78 is 27.3. The van der Waals surface area contributed by atoms with Crippen molar-refractivity contribution in [2.24, 2.45) is 0 Å². The van der Waals surface area contributed by atoms with E-state index in [-0.39, 0.29) is 17.0 Å². The van der Waals surface area contributed by atoms with E-state index >= 15 is 0 Å². The predicted molar refractivity (Wildman–Crippen MR) is 69.6 cm³/mol. The fourth-order valence-electron chi connectivity index (χ4n) is 2.25. The van der Waals surface area contributed by atoms with Gasteiger partial charge < -0.3 is 5.11 Å². The van der Waals surface area contributed by atoms with E-state index < -0.39 is 10.0 Å². The van der Waals surface area contributed by atoms with Gasteiger partial charge in [-0.05, 0) is 43.4 Å². The van der Waals surface area contributed by atoms with Crippen molar-refractivity contribution in [1.82, 2.24) is 4.72 Å². The zero-order valence-electron chi connectivity index (χ0n) is 10.5. The van der Waals surface area contributed by atoms with Gasteiger partial charge in [-0.2, -0.15) is 0 Å². The number of hydrogen-bond acceptors (Lipinski definition) is 3. The summed E-state index contributed by atoms with van der Waals surface area (Å²) in [5, 5.41) is 8.94. The Kier molecular flexibility index (Phi) is 3.75. The van der Waals surface area contributed by atoms with Crippen LogP contribution in [-0.2, 0) is 16.6 Å². The van der Waals surface area contributed by atoms with Crippen LogP contribution in [0.3, 0.4) is 0 Å². The van der Waals surface area contributed by atoms with Crippen molar-refractivity contribution in [1.29, 1.82) is 0 Å². The first-order valence-corrected chi connectivity index (χ1v) is 7.73. The highest BCUT2D eigenvalue weighted by Crippen LogP contribution is 2.36. The highest BCUT2D eigenvalue weighted by molar-refractivity contribution is 7.89. The largest absolute Gasteiger partial charge is 0.392 e. The van der Waals surface area contributed by atoms with Gasteiger partial charge in [0.15, 0.2) is 0 Å². The summed E-state index contributed by atoms with van der Waals surface area (Å²) in [6, 6.07) is 6.34. The third-order valence-corrected chi connectivity index (χ3v) is 5.35. The Morgan fingerprint density at radius 3 is 2.28 bits per heavy atom. The average Bonchev–Trinajstić information content (AvgIpc) is 2.34. The molecule has 0 spiro atoms. The number of nitrogens with one attached hydrogen (secondary N) is 1. The van der Waals surface area contributed by atoms with Gasteiger partial charge in [0, 0.05) is 5.54 Å². The zero-order chi connectivity index (χ0) is 13.2.